The number of hydrogen-bond acceptors (Lipinski definition) is 5. The highest BCUT2D eigenvalue weighted by atomic mass is 16.5. The fourth-order valence-corrected chi connectivity index (χ4v) is 3.78. The van der Waals surface area contributed by atoms with Crippen LogP contribution in [-0.2, 0) is 11.3 Å². The predicted molar refractivity (Wildman–Crippen MR) is 139 cm³/mol. The second-order valence-electron chi connectivity index (χ2n) is 7.94. The third-order valence-electron chi connectivity index (χ3n) is 5.57. The van der Waals surface area contributed by atoms with Gasteiger partial charge in [-0.1, -0.05) is 54.6 Å². The monoisotopic (exact) mass is 479 g/mol. The van der Waals surface area contributed by atoms with Crippen LogP contribution < -0.4 is 15.8 Å². The lowest BCUT2D eigenvalue weighted by Crippen LogP contribution is -2.15. The number of anilines is 1. The van der Waals surface area contributed by atoms with Gasteiger partial charge in [0.05, 0.1) is 12.7 Å². The van der Waals surface area contributed by atoms with E-state index in [1.165, 1.54) is 7.11 Å². The van der Waals surface area contributed by atoms with Crippen molar-refractivity contribution in [2.75, 3.05) is 12.4 Å². The fraction of sp³-hybridized carbons (Fsp3) is 0.0690. The molecule has 0 aliphatic rings. The Hall–Kier alpha value is -4.91. The quantitative estimate of drug-likeness (QED) is 0.181. The number of nitrogens with one attached hydrogen (secondary N) is 2. The molecule has 0 spiro atoms. The van der Waals surface area contributed by atoms with Gasteiger partial charge in [-0.25, -0.2) is 4.79 Å². The van der Waals surface area contributed by atoms with Crippen LogP contribution in [-0.4, -0.2) is 24.8 Å². The van der Waals surface area contributed by atoms with Gasteiger partial charge in [-0.15, -0.1) is 0 Å². The summed E-state index contributed by atoms with van der Waals surface area (Å²) in [4.78, 5) is 26.4. The molecule has 4 rings (SSSR count). The van der Waals surface area contributed by atoms with Crippen molar-refractivity contribution >= 4 is 23.4 Å². The zero-order chi connectivity index (χ0) is 25.5. The molecule has 0 aliphatic heterocycles. The average Bonchev–Trinajstić information content (AvgIpc) is 2.92. The summed E-state index contributed by atoms with van der Waals surface area (Å²) in [5, 5.41) is 10.4. The van der Waals surface area contributed by atoms with E-state index in [0.717, 1.165) is 5.56 Å². The number of rotatable bonds is 8. The summed E-state index contributed by atoms with van der Waals surface area (Å²) in [7, 11) is 1.51. The smallest absolute Gasteiger partial charge is 0.339 e. The van der Waals surface area contributed by atoms with Crippen LogP contribution in [0.3, 0.4) is 0 Å². The molecule has 0 heterocycles. The maximum absolute atomic E-state index is 13.3. The molecule has 0 aliphatic carbocycles. The van der Waals surface area contributed by atoms with E-state index in [2.05, 4.69) is 5.32 Å². The molecule has 0 saturated heterocycles. The third-order valence-corrected chi connectivity index (χ3v) is 5.57. The number of ether oxygens (including phenoxy) is 2. The van der Waals surface area contributed by atoms with Crippen LogP contribution in [0.25, 0.3) is 11.1 Å². The predicted octanol–water partition coefficient (Wildman–Crippen LogP) is 5.26. The Morgan fingerprint density at radius 1 is 0.833 bits per heavy atom. The van der Waals surface area contributed by atoms with Gasteiger partial charge in [0.15, 0.2) is 0 Å². The standard InChI is InChI=1S/C29H25N3O4/c1-35-25-13-7-12-24(29(34)36-18-19-8-3-2-4-9-19)26(25)22-10-5-6-11-23(22)28(33)32-21-16-14-20(15-17-21)27(30)31/h2-17H,18H2,1H3,(H3,30,31)(H,32,33). The SMILES string of the molecule is COc1cccc(C(=O)OCc2ccccc2)c1-c1ccccc1C(=O)Nc1ccc(C(=N)N)cc1. The van der Waals surface area contributed by atoms with Crippen molar-refractivity contribution in [1.29, 1.82) is 5.41 Å². The zero-order valence-electron chi connectivity index (χ0n) is 19.7. The molecule has 180 valence electrons. The maximum Gasteiger partial charge on any atom is 0.339 e. The van der Waals surface area contributed by atoms with Crippen LogP contribution in [0.4, 0.5) is 5.69 Å². The normalized spacial score (nSPS) is 10.4. The van der Waals surface area contributed by atoms with E-state index in [1.54, 1.807) is 66.7 Å². The minimum Gasteiger partial charge on any atom is -0.496 e. The molecule has 4 N–H and O–H groups in total. The van der Waals surface area contributed by atoms with Crippen LogP contribution >= 0.6 is 0 Å². The molecule has 0 aromatic heterocycles. The zero-order valence-corrected chi connectivity index (χ0v) is 19.7. The number of nitrogen functional groups attached to an aromatic ring is 1. The Labute approximate surface area is 209 Å². The third kappa shape index (κ3) is 5.42. The van der Waals surface area contributed by atoms with Crippen molar-refractivity contribution < 1.29 is 19.1 Å². The van der Waals surface area contributed by atoms with Crippen LogP contribution in [0.2, 0.25) is 0 Å². The first-order chi connectivity index (χ1) is 17.5. The van der Waals surface area contributed by atoms with Gasteiger partial charge in [-0.05, 0) is 53.6 Å². The number of amides is 1. The van der Waals surface area contributed by atoms with Gasteiger partial charge in [0.2, 0.25) is 0 Å². The molecule has 0 radical (unpaired) electrons. The lowest BCUT2D eigenvalue weighted by atomic mass is 9.94. The summed E-state index contributed by atoms with van der Waals surface area (Å²) >= 11 is 0. The second kappa shape index (κ2) is 11.0. The van der Waals surface area contributed by atoms with E-state index in [-0.39, 0.29) is 23.9 Å². The highest BCUT2D eigenvalue weighted by molar-refractivity contribution is 6.11. The number of nitrogens with two attached hydrogens (primary N) is 1. The molecule has 0 atom stereocenters. The van der Waals surface area contributed by atoms with Crippen LogP contribution in [0.1, 0.15) is 31.8 Å². The fourth-order valence-electron chi connectivity index (χ4n) is 3.78. The molecule has 0 unspecified atom stereocenters. The van der Waals surface area contributed by atoms with E-state index < -0.39 is 5.97 Å². The van der Waals surface area contributed by atoms with E-state index in [0.29, 0.717) is 33.7 Å². The van der Waals surface area contributed by atoms with Crippen molar-refractivity contribution in [3.8, 4) is 16.9 Å². The van der Waals surface area contributed by atoms with Gasteiger partial charge >= 0.3 is 5.97 Å². The van der Waals surface area contributed by atoms with Gasteiger partial charge in [0.25, 0.3) is 5.91 Å². The Balaban J connectivity index is 1.67. The molecule has 7 nitrogen and oxygen atoms in total. The van der Waals surface area contributed by atoms with Crippen LogP contribution in [0.15, 0.2) is 97.1 Å². The molecule has 7 heteroatoms. The molecule has 0 saturated carbocycles. The van der Waals surface area contributed by atoms with E-state index in [1.807, 2.05) is 30.3 Å². The summed E-state index contributed by atoms with van der Waals surface area (Å²) < 4.78 is 11.2. The van der Waals surface area contributed by atoms with Gasteiger partial charge in [0.1, 0.15) is 18.2 Å². The number of amidine groups is 1. The van der Waals surface area contributed by atoms with E-state index in [9.17, 15) is 9.59 Å². The van der Waals surface area contributed by atoms with Crippen molar-refractivity contribution in [2.24, 2.45) is 5.73 Å². The van der Waals surface area contributed by atoms with Gasteiger partial charge in [-0.3, -0.25) is 10.2 Å². The average molecular weight is 480 g/mol. The van der Waals surface area contributed by atoms with Crippen molar-refractivity contribution in [1.82, 2.24) is 0 Å². The van der Waals surface area contributed by atoms with E-state index in [4.69, 9.17) is 20.6 Å². The molecule has 1 amide bonds. The molecular weight excluding hydrogens is 454 g/mol. The summed E-state index contributed by atoms with van der Waals surface area (Å²) in [6, 6.07) is 28.1. The number of carbonyl (C=O) groups excluding carboxylic acids is 2. The summed E-state index contributed by atoms with van der Waals surface area (Å²) in [5.41, 5.74) is 9.11. The summed E-state index contributed by atoms with van der Waals surface area (Å²) in [6.45, 7) is 0.120. The summed E-state index contributed by atoms with van der Waals surface area (Å²) in [6.07, 6.45) is 0. The van der Waals surface area contributed by atoms with Crippen LogP contribution in [0.5, 0.6) is 5.75 Å². The van der Waals surface area contributed by atoms with Crippen molar-refractivity contribution in [3.63, 3.8) is 0 Å². The largest absolute Gasteiger partial charge is 0.496 e. The summed E-state index contributed by atoms with van der Waals surface area (Å²) in [5.74, 6) is -0.505. The first-order valence-electron chi connectivity index (χ1n) is 11.2. The van der Waals surface area contributed by atoms with Gasteiger partial charge in [0, 0.05) is 22.4 Å². The molecule has 36 heavy (non-hydrogen) atoms. The molecule has 4 aromatic carbocycles. The lowest BCUT2D eigenvalue weighted by molar-refractivity contribution is 0.0473. The Morgan fingerprint density at radius 3 is 2.19 bits per heavy atom. The molecule has 4 aromatic rings. The van der Waals surface area contributed by atoms with Gasteiger partial charge in [-0.2, -0.15) is 0 Å². The van der Waals surface area contributed by atoms with Crippen molar-refractivity contribution in [3.05, 3.63) is 119 Å². The molecule has 0 fully saturated rings. The number of esters is 1. The number of benzene rings is 4. The van der Waals surface area contributed by atoms with Gasteiger partial charge < -0.3 is 20.5 Å². The molecule has 0 bridgehead atoms. The Bertz CT molecular complexity index is 1400. The highest BCUT2D eigenvalue weighted by Gasteiger charge is 2.23. The topological polar surface area (TPSA) is 114 Å². The van der Waals surface area contributed by atoms with Crippen molar-refractivity contribution in [2.45, 2.75) is 6.61 Å². The highest BCUT2D eigenvalue weighted by Crippen LogP contribution is 2.36. The number of methoxy groups -OCH3 is 1. The van der Waals surface area contributed by atoms with Crippen LogP contribution in [0, 0.1) is 5.41 Å². The maximum atomic E-state index is 13.3. The van der Waals surface area contributed by atoms with E-state index >= 15 is 0 Å². The molecular formula is C29H25N3O4. The Kier molecular flexibility index (Phi) is 7.41. The first-order valence-corrected chi connectivity index (χ1v) is 11.2. The first kappa shape index (κ1) is 24.2. The number of carbonyl (C=O) groups is 2. The lowest BCUT2D eigenvalue weighted by Gasteiger charge is -2.17. The minimum atomic E-state index is -0.525. The number of hydrogen-bond donors (Lipinski definition) is 3. The minimum absolute atomic E-state index is 0.0546. The Morgan fingerprint density at radius 2 is 1.50 bits per heavy atom. The second-order valence-corrected chi connectivity index (χ2v) is 7.94.